The van der Waals surface area contributed by atoms with Crippen LogP contribution in [0.4, 0.5) is 5.69 Å². The molecular weight excluding hydrogens is 236 g/mol. The molecule has 0 spiro atoms. The fraction of sp³-hybridized carbons (Fsp3) is 0.333. The molecule has 0 saturated carbocycles. The van der Waals surface area contributed by atoms with E-state index in [1.165, 1.54) is 19.2 Å². The van der Waals surface area contributed by atoms with E-state index in [1.807, 2.05) is 6.07 Å². The third kappa shape index (κ3) is 2.83. The lowest BCUT2D eigenvalue weighted by Crippen LogP contribution is -2.08. The maximum absolute atomic E-state index is 11.2. The minimum atomic E-state index is -0.541. The summed E-state index contributed by atoms with van der Waals surface area (Å²) < 4.78 is 4.51. The maximum atomic E-state index is 11.2. The van der Waals surface area contributed by atoms with E-state index in [0.29, 0.717) is 23.1 Å². The van der Waals surface area contributed by atoms with E-state index in [1.54, 1.807) is 6.92 Å². The zero-order chi connectivity index (χ0) is 13.7. The van der Waals surface area contributed by atoms with Gasteiger partial charge in [-0.25, -0.2) is 0 Å². The molecule has 6 nitrogen and oxygen atoms in total. The number of methoxy groups -OCH3 is 1. The molecule has 18 heavy (non-hydrogen) atoms. The number of ether oxygens (including phenoxy) is 1. The minimum Gasteiger partial charge on any atom is -0.469 e. The van der Waals surface area contributed by atoms with Gasteiger partial charge in [0.2, 0.25) is 0 Å². The van der Waals surface area contributed by atoms with Crippen molar-refractivity contribution >= 4 is 11.7 Å². The van der Waals surface area contributed by atoms with Gasteiger partial charge in [0.05, 0.1) is 30.1 Å². The van der Waals surface area contributed by atoms with Crippen LogP contribution in [0.5, 0.6) is 0 Å². The van der Waals surface area contributed by atoms with Gasteiger partial charge in [0, 0.05) is 12.1 Å². The Labute approximate surface area is 104 Å². The van der Waals surface area contributed by atoms with Crippen molar-refractivity contribution in [1.82, 2.24) is 0 Å². The third-order valence-electron chi connectivity index (χ3n) is 2.55. The molecule has 0 radical (unpaired) electrons. The summed E-state index contributed by atoms with van der Waals surface area (Å²) >= 11 is 0. The van der Waals surface area contributed by atoms with Crippen LogP contribution < -0.4 is 0 Å². The molecule has 0 fully saturated rings. The smallest absolute Gasteiger partial charge is 0.310 e. The van der Waals surface area contributed by atoms with E-state index in [2.05, 4.69) is 4.74 Å². The molecular formula is C12H12N2O4. The highest BCUT2D eigenvalue weighted by Gasteiger charge is 2.17. The largest absolute Gasteiger partial charge is 0.469 e. The summed E-state index contributed by atoms with van der Waals surface area (Å²) in [7, 11) is 1.23. The van der Waals surface area contributed by atoms with Crippen molar-refractivity contribution in [2.75, 3.05) is 7.11 Å². The molecule has 1 rings (SSSR count). The molecule has 0 aliphatic rings. The fourth-order valence-electron chi connectivity index (χ4n) is 1.64. The zero-order valence-corrected chi connectivity index (χ0v) is 10.1. The first-order chi connectivity index (χ1) is 8.53. The summed E-state index contributed by atoms with van der Waals surface area (Å²) in [4.78, 5) is 21.5. The van der Waals surface area contributed by atoms with Crippen LogP contribution in [0.2, 0.25) is 0 Å². The summed E-state index contributed by atoms with van der Waals surface area (Å²) in [6.07, 6.45) is 0.340. The molecule has 94 valence electrons. The maximum Gasteiger partial charge on any atom is 0.310 e. The third-order valence-corrected chi connectivity index (χ3v) is 2.55. The van der Waals surface area contributed by atoms with Crippen molar-refractivity contribution < 1.29 is 14.5 Å². The highest BCUT2D eigenvalue weighted by molar-refractivity contribution is 5.74. The highest BCUT2D eigenvalue weighted by atomic mass is 16.6. The zero-order valence-electron chi connectivity index (χ0n) is 10.1. The highest BCUT2D eigenvalue weighted by Crippen LogP contribution is 2.23. The van der Waals surface area contributed by atoms with Crippen molar-refractivity contribution in [3.05, 3.63) is 38.9 Å². The van der Waals surface area contributed by atoms with E-state index in [-0.39, 0.29) is 12.1 Å². The molecule has 0 unspecified atom stereocenters. The quantitative estimate of drug-likeness (QED) is 0.459. The monoisotopic (exact) mass is 248 g/mol. The van der Waals surface area contributed by atoms with Crippen molar-refractivity contribution in [2.24, 2.45) is 0 Å². The number of esters is 1. The van der Waals surface area contributed by atoms with E-state index in [0.717, 1.165) is 0 Å². The molecule has 0 atom stereocenters. The van der Waals surface area contributed by atoms with Gasteiger partial charge in [-0.2, -0.15) is 5.26 Å². The lowest BCUT2D eigenvalue weighted by atomic mass is 9.97. The Morgan fingerprint density at radius 1 is 1.50 bits per heavy atom. The number of benzene rings is 1. The summed E-state index contributed by atoms with van der Waals surface area (Å²) in [5.41, 5.74) is 1.08. The number of carbonyl (C=O) groups excluding carboxylic acids is 1. The molecule has 1 aromatic carbocycles. The van der Waals surface area contributed by atoms with Gasteiger partial charge in [0.1, 0.15) is 0 Å². The van der Waals surface area contributed by atoms with Crippen LogP contribution in [0.15, 0.2) is 12.1 Å². The molecule has 0 aliphatic carbocycles. The number of aryl methyl sites for hydroxylation is 1. The van der Waals surface area contributed by atoms with Gasteiger partial charge < -0.3 is 4.74 Å². The SMILES string of the molecule is CCc1cc([N+](=O)[O-])cc(CC(=O)OC)c1C#N. The van der Waals surface area contributed by atoms with Crippen LogP contribution in [0.1, 0.15) is 23.6 Å². The van der Waals surface area contributed by atoms with Gasteiger partial charge >= 0.3 is 5.97 Å². The van der Waals surface area contributed by atoms with E-state index < -0.39 is 10.9 Å². The number of hydrogen-bond donors (Lipinski definition) is 0. The van der Waals surface area contributed by atoms with Gasteiger partial charge in [0.25, 0.3) is 5.69 Å². The number of nitro benzene ring substituents is 1. The average Bonchev–Trinajstić information content (AvgIpc) is 2.37. The van der Waals surface area contributed by atoms with E-state index in [4.69, 9.17) is 5.26 Å². The second-order valence-corrected chi connectivity index (χ2v) is 3.61. The fourth-order valence-corrected chi connectivity index (χ4v) is 1.64. The minimum absolute atomic E-state index is 0.121. The second kappa shape index (κ2) is 5.77. The summed E-state index contributed by atoms with van der Waals surface area (Å²) in [6, 6.07) is 4.59. The number of carbonyl (C=O) groups is 1. The van der Waals surface area contributed by atoms with Crippen LogP contribution in [-0.2, 0) is 22.4 Å². The molecule has 0 aliphatic heterocycles. The van der Waals surface area contributed by atoms with Gasteiger partial charge in [-0.3, -0.25) is 14.9 Å². The van der Waals surface area contributed by atoms with Crippen molar-refractivity contribution in [2.45, 2.75) is 19.8 Å². The Kier molecular flexibility index (Phi) is 4.38. The molecule has 0 aromatic heterocycles. The molecule has 6 heteroatoms. The topological polar surface area (TPSA) is 93.2 Å². The lowest BCUT2D eigenvalue weighted by molar-refractivity contribution is -0.385. The Morgan fingerprint density at radius 2 is 2.11 bits per heavy atom. The normalized spacial score (nSPS) is 9.61. The number of nitro groups is 1. The van der Waals surface area contributed by atoms with Crippen LogP contribution in [0, 0.1) is 21.4 Å². The first-order valence-electron chi connectivity index (χ1n) is 5.30. The van der Waals surface area contributed by atoms with Gasteiger partial charge in [-0.1, -0.05) is 6.92 Å². The Morgan fingerprint density at radius 3 is 2.56 bits per heavy atom. The first kappa shape index (κ1) is 13.6. The van der Waals surface area contributed by atoms with Crippen LogP contribution in [-0.4, -0.2) is 18.0 Å². The lowest BCUT2D eigenvalue weighted by Gasteiger charge is -2.07. The van der Waals surface area contributed by atoms with Crippen molar-refractivity contribution in [3.63, 3.8) is 0 Å². The Balaban J connectivity index is 3.36. The average molecular weight is 248 g/mol. The molecule has 0 N–H and O–H groups in total. The number of nitrogens with zero attached hydrogens (tertiary/aromatic N) is 2. The predicted molar refractivity (Wildman–Crippen MR) is 62.9 cm³/mol. The molecule has 0 heterocycles. The van der Waals surface area contributed by atoms with Crippen LogP contribution >= 0.6 is 0 Å². The summed E-state index contributed by atoms with van der Waals surface area (Å²) in [6.45, 7) is 1.79. The first-order valence-corrected chi connectivity index (χ1v) is 5.30. The van der Waals surface area contributed by atoms with Crippen LogP contribution in [0.25, 0.3) is 0 Å². The molecule has 0 saturated heterocycles. The number of nitriles is 1. The second-order valence-electron chi connectivity index (χ2n) is 3.61. The van der Waals surface area contributed by atoms with Gasteiger partial charge in [-0.05, 0) is 17.5 Å². The molecule has 0 bridgehead atoms. The van der Waals surface area contributed by atoms with Crippen molar-refractivity contribution in [3.8, 4) is 6.07 Å². The summed E-state index contributed by atoms with van der Waals surface area (Å²) in [5.74, 6) is -0.533. The molecule has 0 amide bonds. The standard InChI is InChI=1S/C12H12N2O4/c1-3-8-4-10(14(16)17)5-9(11(8)7-13)6-12(15)18-2/h4-5H,3,6H2,1-2H3. The molecule has 1 aromatic rings. The Hall–Kier alpha value is -2.42. The summed E-state index contributed by atoms with van der Waals surface area (Å²) in [5, 5.41) is 19.9. The van der Waals surface area contributed by atoms with Gasteiger partial charge in [0.15, 0.2) is 0 Å². The predicted octanol–water partition coefficient (Wildman–Crippen LogP) is 1.74. The van der Waals surface area contributed by atoms with Gasteiger partial charge in [-0.15, -0.1) is 0 Å². The van der Waals surface area contributed by atoms with Crippen molar-refractivity contribution in [1.29, 1.82) is 5.26 Å². The number of non-ortho nitro benzene ring substituents is 1. The Bertz CT molecular complexity index is 532. The number of hydrogen-bond acceptors (Lipinski definition) is 5. The van der Waals surface area contributed by atoms with E-state index in [9.17, 15) is 14.9 Å². The number of rotatable bonds is 4. The van der Waals surface area contributed by atoms with Crippen LogP contribution in [0.3, 0.4) is 0 Å². The van der Waals surface area contributed by atoms with E-state index >= 15 is 0 Å².